The Morgan fingerprint density at radius 3 is 2.37 bits per heavy atom. The number of aliphatic hydroxyl groups is 1. The first kappa shape index (κ1) is 19.5. The van der Waals surface area contributed by atoms with Crippen molar-refractivity contribution in [2.45, 2.75) is 18.9 Å². The lowest BCUT2D eigenvalue weighted by atomic mass is 9.95. The van der Waals surface area contributed by atoms with Crippen molar-refractivity contribution in [2.24, 2.45) is 0 Å². The molecule has 4 rings (SSSR count). The molecule has 30 heavy (non-hydrogen) atoms. The lowest BCUT2D eigenvalue weighted by Crippen LogP contribution is -2.31. The number of aliphatic hydroxyl groups excluding tert-OH is 1. The van der Waals surface area contributed by atoms with Gasteiger partial charge in [-0.2, -0.15) is 0 Å². The predicted molar refractivity (Wildman–Crippen MR) is 110 cm³/mol. The predicted octanol–water partition coefficient (Wildman–Crippen LogP) is 4.32. The Labute approximate surface area is 173 Å². The van der Waals surface area contributed by atoms with E-state index in [4.69, 9.17) is 0 Å². The molecular weight excluding hydrogens is 383 g/mol. The Morgan fingerprint density at radius 2 is 1.70 bits per heavy atom. The molecule has 0 saturated carbocycles. The summed E-state index contributed by atoms with van der Waals surface area (Å²) in [5.41, 5.74) is 1.82. The van der Waals surface area contributed by atoms with Gasteiger partial charge in [0.1, 0.15) is 11.9 Å². The number of hydrogen-bond acceptors (Lipinski definition) is 4. The molecule has 150 valence electrons. The maximum atomic E-state index is 13.4. The highest BCUT2D eigenvalue weighted by Crippen LogP contribution is 2.40. The van der Waals surface area contributed by atoms with Crippen LogP contribution in [-0.2, 0) is 16.0 Å². The van der Waals surface area contributed by atoms with Crippen LogP contribution < -0.4 is 4.90 Å². The Morgan fingerprint density at radius 1 is 1.00 bits per heavy atom. The van der Waals surface area contributed by atoms with Crippen molar-refractivity contribution in [3.63, 3.8) is 0 Å². The molecule has 6 heteroatoms. The maximum absolute atomic E-state index is 13.4. The van der Waals surface area contributed by atoms with Crippen molar-refractivity contribution in [1.82, 2.24) is 4.98 Å². The summed E-state index contributed by atoms with van der Waals surface area (Å²) in [5.74, 6) is -2.07. The fraction of sp³-hybridized carbons (Fsp3) is 0.125. The minimum Gasteiger partial charge on any atom is -0.503 e. The van der Waals surface area contributed by atoms with Gasteiger partial charge in [-0.15, -0.1) is 0 Å². The van der Waals surface area contributed by atoms with Crippen molar-refractivity contribution in [3.8, 4) is 0 Å². The van der Waals surface area contributed by atoms with Crippen LogP contribution >= 0.6 is 0 Å². The van der Waals surface area contributed by atoms with Crippen molar-refractivity contribution in [2.75, 3.05) is 4.90 Å². The number of amides is 1. The number of rotatable bonds is 6. The van der Waals surface area contributed by atoms with E-state index in [9.17, 15) is 19.1 Å². The summed E-state index contributed by atoms with van der Waals surface area (Å²) in [6.45, 7) is 0. The van der Waals surface area contributed by atoms with Crippen LogP contribution in [0.4, 0.5) is 10.1 Å². The van der Waals surface area contributed by atoms with Gasteiger partial charge in [0.2, 0.25) is 0 Å². The van der Waals surface area contributed by atoms with Gasteiger partial charge in [-0.3, -0.25) is 19.5 Å². The number of carbonyl (C=O) groups excluding carboxylic acids is 2. The highest BCUT2D eigenvalue weighted by atomic mass is 19.1. The van der Waals surface area contributed by atoms with Crippen LogP contribution in [0.2, 0.25) is 0 Å². The van der Waals surface area contributed by atoms with Crippen LogP contribution in [0, 0.1) is 5.82 Å². The molecule has 2 heterocycles. The van der Waals surface area contributed by atoms with Gasteiger partial charge in [-0.05, 0) is 48.4 Å². The van der Waals surface area contributed by atoms with Gasteiger partial charge in [0.15, 0.2) is 11.5 Å². The molecule has 5 nitrogen and oxygen atoms in total. The van der Waals surface area contributed by atoms with Gasteiger partial charge >= 0.3 is 0 Å². The van der Waals surface area contributed by atoms with Crippen LogP contribution in [0.5, 0.6) is 0 Å². The Kier molecular flexibility index (Phi) is 5.39. The number of hydrogen-bond donors (Lipinski definition) is 1. The van der Waals surface area contributed by atoms with Crippen molar-refractivity contribution >= 4 is 17.4 Å². The molecule has 0 aliphatic carbocycles. The lowest BCUT2D eigenvalue weighted by Gasteiger charge is -2.26. The molecule has 0 fully saturated rings. The maximum Gasteiger partial charge on any atom is 0.294 e. The van der Waals surface area contributed by atoms with Gasteiger partial charge in [-0.25, -0.2) is 4.39 Å². The molecule has 1 aliphatic heterocycles. The summed E-state index contributed by atoms with van der Waals surface area (Å²) in [5, 5.41) is 10.6. The van der Waals surface area contributed by atoms with E-state index in [1.165, 1.54) is 29.2 Å². The second-order valence-electron chi connectivity index (χ2n) is 6.98. The van der Waals surface area contributed by atoms with Gasteiger partial charge in [-0.1, -0.05) is 36.4 Å². The number of ketones is 1. The summed E-state index contributed by atoms with van der Waals surface area (Å²) in [4.78, 5) is 31.6. The molecule has 1 N–H and O–H groups in total. The molecule has 1 amide bonds. The SMILES string of the molecule is O=C(CCc1ccccc1)C1=C(O)C(=O)N(c2ccc(F)cc2)C1c1ccccn1. The zero-order valence-electron chi connectivity index (χ0n) is 16.0. The van der Waals surface area contributed by atoms with E-state index < -0.39 is 23.5 Å². The minimum atomic E-state index is -0.882. The van der Waals surface area contributed by atoms with Crippen molar-refractivity contribution < 1.29 is 19.1 Å². The van der Waals surface area contributed by atoms with Crippen LogP contribution in [0.15, 0.2) is 90.3 Å². The minimum absolute atomic E-state index is 0.0129. The summed E-state index contributed by atoms with van der Waals surface area (Å²) in [7, 11) is 0. The summed E-state index contributed by atoms with van der Waals surface area (Å²) < 4.78 is 13.4. The summed E-state index contributed by atoms with van der Waals surface area (Å²) in [6, 6.07) is 19.1. The van der Waals surface area contributed by atoms with Crippen LogP contribution in [0.3, 0.4) is 0 Å². The lowest BCUT2D eigenvalue weighted by molar-refractivity contribution is -0.118. The number of aromatic nitrogens is 1. The number of halogens is 1. The topological polar surface area (TPSA) is 70.5 Å². The smallest absolute Gasteiger partial charge is 0.294 e. The highest BCUT2D eigenvalue weighted by Gasteiger charge is 2.44. The normalized spacial score (nSPS) is 16.2. The first-order valence-electron chi connectivity index (χ1n) is 9.56. The van der Waals surface area contributed by atoms with Crippen molar-refractivity contribution in [3.05, 3.63) is 107 Å². The number of anilines is 1. The fourth-order valence-corrected chi connectivity index (χ4v) is 3.61. The monoisotopic (exact) mass is 402 g/mol. The van der Waals surface area contributed by atoms with Gasteiger partial charge in [0.25, 0.3) is 5.91 Å². The fourth-order valence-electron chi connectivity index (χ4n) is 3.61. The van der Waals surface area contributed by atoms with Gasteiger partial charge < -0.3 is 5.11 Å². The highest BCUT2D eigenvalue weighted by molar-refractivity contribution is 6.16. The molecule has 3 aromatic rings. The standard InChI is InChI=1S/C24H19FN2O3/c25-17-10-12-18(13-11-17)27-22(19-8-4-5-15-26-19)21(23(29)24(27)30)20(28)14-9-16-6-2-1-3-7-16/h1-8,10-13,15,22,29H,9,14H2. The molecule has 0 radical (unpaired) electrons. The molecule has 1 unspecified atom stereocenters. The number of pyridine rings is 1. The molecule has 0 saturated heterocycles. The number of aryl methyl sites for hydroxylation is 1. The van der Waals surface area contributed by atoms with Gasteiger partial charge in [0.05, 0.1) is 11.3 Å². The first-order valence-corrected chi connectivity index (χ1v) is 9.56. The van der Waals surface area contributed by atoms with Crippen LogP contribution in [-0.4, -0.2) is 21.8 Å². The van der Waals surface area contributed by atoms with Crippen LogP contribution in [0.1, 0.15) is 23.7 Å². The Bertz CT molecular complexity index is 1100. The Balaban J connectivity index is 1.70. The summed E-state index contributed by atoms with van der Waals surface area (Å²) >= 11 is 0. The summed E-state index contributed by atoms with van der Waals surface area (Å²) in [6.07, 6.45) is 2.18. The zero-order valence-corrected chi connectivity index (χ0v) is 16.0. The number of carbonyl (C=O) groups is 2. The van der Waals surface area contributed by atoms with Gasteiger partial charge in [0, 0.05) is 18.3 Å². The quantitative estimate of drug-likeness (QED) is 0.667. The molecule has 1 aliphatic rings. The third kappa shape index (κ3) is 3.72. The largest absolute Gasteiger partial charge is 0.503 e. The molecule has 1 aromatic heterocycles. The average molecular weight is 402 g/mol. The van der Waals surface area contributed by atoms with E-state index in [0.29, 0.717) is 17.8 Å². The van der Waals surface area contributed by atoms with Crippen LogP contribution in [0.25, 0.3) is 0 Å². The molecule has 0 bridgehead atoms. The average Bonchev–Trinajstić information content (AvgIpc) is 3.05. The Hall–Kier alpha value is -3.80. The second-order valence-corrected chi connectivity index (χ2v) is 6.98. The number of benzene rings is 2. The van der Waals surface area contributed by atoms with E-state index >= 15 is 0 Å². The molecule has 2 aromatic carbocycles. The van der Waals surface area contributed by atoms with E-state index in [1.54, 1.807) is 24.4 Å². The first-order chi connectivity index (χ1) is 14.6. The zero-order chi connectivity index (χ0) is 21.1. The van der Waals surface area contributed by atoms with E-state index in [2.05, 4.69) is 4.98 Å². The second kappa shape index (κ2) is 8.29. The molecule has 1 atom stereocenters. The molecular formula is C24H19FN2O3. The third-order valence-corrected chi connectivity index (χ3v) is 5.06. The number of nitrogens with zero attached hydrogens (tertiary/aromatic N) is 2. The third-order valence-electron chi connectivity index (χ3n) is 5.06. The van der Waals surface area contributed by atoms with E-state index in [0.717, 1.165) is 5.56 Å². The number of Topliss-reactive ketones (excluding diaryl/α,β-unsaturated/α-hetero) is 1. The molecule has 0 spiro atoms. The van der Waals surface area contributed by atoms with E-state index in [-0.39, 0.29) is 17.8 Å². The van der Waals surface area contributed by atoms with Crippen molar-refractivity contribution in [1.29, 1.82) is 0 Å². The van der Waals surface area contributed by atoms with E-state index in [1.807, 2.05) is 30.3 Å².